The number of aryl methyl sites for hydroxylation is 2. The molecule has 1 aliphatic rings. The second kappa shape index (κ2) is 5.99. The SMILES string of the molecule is Cc1ccc(C[C@H]2C(=O)N(c3ccc(C)cc3)C(=O)[C@@H]2C)cc1. The van der Waals surface area contributed by atoms with Crippen molar-refractivity contribution in [3.8, 4) is 0 Å². The van der Waals surface area contributed by atoms with Crippen molar-refractivity contribution in [3.63, 3.8) is 0 Å². The highest BCUT2D eigenvalue weighted by molar-refractivity contribution is 6.21. The molecule has 0 aromatic heterocycles. The van der Waals surface area contributed by atoms with Gasteiger partial charge in [-0.25, -0.2) is 0 Å². The van der Waals surface area contributed by atoms with Crippen LogP contribution in [0.15, 0.2) is 48.5 Å². The number of amides is 2. The average molecular weight is 307 g/mol. The number of rotatable bonds is 3. The van der Waals surface area contributed by atoms with Gasteiger partial charge in [-0.2, -0.15) is 0 Å². The van der Waals surface area contributed by atoms with Crippen molar-refractivity contribution in [1.82, 2.24) is 0 Å². The molecule has 2 aromatic carbocycles. The summed E-state index contributed by atoms with van der Waals surface area (Å²) in [5, 5.41) is 0. The molecule has 3 rings (SSSR count). The van der Waals surface area contributed by atoms with Crippen LogP contribution in [0.4, 0.5) is 5.69 Å². The molecule has 1 heterocycles. The zero-order valence-corrected chi connectivity index (χ0v) is 13.7. The minimum atomic E-state index is -0.287. The number of carbonyl (C=O) groups excluding carboxylic acids is 2. The van der Waals surface area contributed by atoms with Gasteiger partial charge in [-0.3, -0.25) is 14.5 Å². The van der Waals surface area contributed by atoms with Gasteiger partial charge in [0.25, 0.3) is 0 Å². The number of benzene rings is 2. The first kappa shape index (κ1) is 15.5. The van der Waals surface area contributed by atoms with E-state index < -0.39 is 0 Å². The Balaban J connectivity index is 1.85. The van der Waals surface area contributed by atoms with Crippen LogP contribution in [0.5, 0.6) is 0 Å². The molecule has 0 N–H and O–H groups in total. The van der Waals surface area contributed by atoms with E-state index >= 15 is 0 Å². The summed E-state index contributed by atoms with van der Waals surface area (Å²) in [5.41, 5.74) is 4.07. The maximum absolute atomic E-state index is 12.8. The summed E-state index contributed by atoms with van der Waals surface area (Å²) in [6.45, 7) is 5.88. The van der Waals surface area contributed by atoms with Gasteiger partial charge in [0.1, 0.15) is 0 Å². The second-order valence-electron chi connectivity index (χ2n) is 6.43. The molecular weight excluding hydrogens is 286 g/mol. The molecule has 1 fully saturated rings. The van der Waals surface area contributed by atoms with Crippen LogP contribution in [-0.2, 0) is 16.0 Å². The summed E-state index contributed by atoms with van der Waals surface area (Å²) >= 11 is 0. The first-order valence-corrected chi connectivity index (χ1v) is 7.97. The fraction of sp³-hybridized carbons (Fsp3) is 0.300. The van der Waals surface area contributed by atoms with Crippen LogP contribution in [-0.4, -0.2) is 11.8 Å². The second-order valence-corrected chi connectivity index (χ2v) is 6.43. The Morgan fingerprint density at radius 2 is 1.35 bits per heavy atom. The quantitative estimate of drug-likeness (QED) is 0.811. The average Bonchev–Trinajstić information content (AvgIpc) is 2.74. The smallest absolute Gasteiger partial charge is 0.238 e. The van der Waals surface area contributed by atoms with Crippen LogP contribution >= 0.6 is 0 Å². The molecule has 2 atom stereocenters. The van der Waals surface area contributed by atoms with E-state index in [1.807, 2.05) is 69.3 Å². The molecule has 0 saturated carbocycles. The molecule has 0 unspecified atom stereocenters. The Morgan fingerprint density at radius 1 is 0.826 bits per heavy atom. The van der Waals surface area contributed by atoms with E-state index in [0.29, 0.717) is 12.1 Å². The third kappa shape index (κ3) is 2.91. The molecule has 118 valence electrons. The van der Waals surface area contributed by atoms with Crippen molar-refractivity contribution in [3.05, 3.63) is 65.2 Å². The summed E-state index contributed by atoms with van der Waals surface area (Å²) in [7, 11) is 0. The molecule has 3 nitrogen and oxygen atoms in total. The van der Waals surface area contributed by atoms with Crippen molar-refractivity contribution < 1.29 is 9.59 Å². The minimum absolute atomic E-state index is 0.0908. The molecule has 1 saturated heterocycles. The van der Waals surface area contributed by atoms with Crippen molar-refractivity contribution in [2.75, 3.05) is 4.90 Å². The molecule has 0 radical (unpaired) electrons. The molecule has 3 heteroatoms. The van der Waals surface area contributed by atoms with E-state index in [4.69, 9.17) is 0 Å². The van der Waals surface area contributed by atoms with Crippen molar-refractivity contribution in [1.29, 1.82) is 0 Å². The molecule has 0 bridgehead atoms. The number of imide groups is 1. The van der Waals surface area contributed by atoms with Gasteiger partial charge in [0.15, 0.2) is 0 Å². The Kier molecular flexibility index (Phi) is 4.03. The van der Waals surface area contributed by atoms with Gasteiger partial charge in [-0.05, 0) is 38.0 Å². The van der Waals surface area contributed by atoms with Gasteiger partial charge in [0.05, 0.1) is 11.6 Å². The fourth-order valence-corrected chi connectivity index (χ4v) is 3.05. The first-order valence-electron chi connectivity index (χ1n) is 7.97. The first-order chi connectivity index (χ1) is 11.0. The molecule has 2 aromatic rings. The van der Waals surface area contributed by atoms with Crippen molar-refractivity contribution in [2.24, 2.45) is 11.8 Å². The third-order valence-corrected chi connectivity index (χ3v) is 4.62. The van der Waals surface area contributed by atoms with E-state index in [9.17, 15) is 9.59 Å². The van der Waals surface area contributed by atoms with Crippen LogP contribution in [0.1, 0.15) is 23.6 Å². The van der Waals surface area contributed by atoms with E-state index in [0.717, 1.165) is 11.1 Å². The van der Waals surface area contributed by atoms with Gasteiger partial charge < -0.3 is 0 Å². The Labute approximate surface area is 136 Å². The monoisotopic (exact) mass is 307 g/mol. The van der Waals surface area contributed by atoms with E-state index in [1.165, 1.54) is 10.5 Å². The highest BCUT2D eigenvalue weighted by Crippen LogP contribution is 2.33. The fourth-order valence-electron chi connectivity index (χ4n) is 3.05. The maximum atomic E-state index is 12.8. The summed E-state index contributed by atoms with van der Waals surface area (Å²) in [4.78, 5) is 26.7. The van der Waals surface area contributed by atoms with E-state index in [-0.39, 0.29) is 23.7 Å². The Morgan fingerprint density at radius 3 is 1.91 bits per heavy atom. The molecule has 2 amide bonds. The summed E-state index contributed by atoms with van der Waals surface area (Å²) < 4.78 is 0. The molecule has 0 aliphatic carbocycles. The Bertz CT molecular complexity index is 731. The van der Waals surface area contributed by atoms with Crippen LogP contribution in [0.3, 0.4) is 0 Å². The van der Waals surface area contributed by atoms with Crippen LogP contribution in [0.25, 0.3) is 0 Å². The van der Waals surface area contributed by atoms with E-state index in [1.54, 1.807) is 0 Å². The lowest BCUT2D eigenvalue weighted by molar-refractivity contribution is -0.122. The minimum Gasteiger partial charge on any atom is -0.274 e. The normalized spacial score (nSPS) is 21.1. The van der Waals surface area contributed by atoms with Crippen LogP contribution in [0.2, 0.25) is 0 Å². The third-order valence-electron chi connectivity index (χ3n) is 4.62. The van der Waals surface area contributed by atoms with Gasteiger partial charge in [-0.1, -0.05) is 54.4 Å². The number of carbonyl (C=O) groups is 2. The van der Waals surface area contributed by atoms with Crippen LogP contribution in [0, 0.1) is 25.7 Å². The molecule has 0 spiro atoms. The molecular formula is C20H21NO2. The molecule has 1 aliphatic heterocycles. The number of anilines is 1. The summed E-state index contributed by atoms with van der Waals surface area (Å²) in [6, 6.07) is 15.7. The highest BCUT2D eigenvalue weighted by atomic mass is 16.2. The van der Waals surface area contributed by atoms with Gasteiger partial charge >= 0.3 is 0 Å². The maximum Gasteiger partial charge on any atom is 0.238 e. The predicted octanol–water partition coefficient (Wildman–Crippen LogP) is 3.67. The number of nitrogens with zero attached hydrogens (tertiary/aromatic N) is 1. The summed E-state index contributed by atoms with van der Waals surface area (Å²) in [5.74, 6) is -0.764. The highest BCUT2D eigenvalue weighted by Gasteiger charge is 2.45. The summed E-state index contributed by atoms with van der Waals surface area (Å²) in [6.07, 6.45) is 0.606. The zero-order valence-electron chi connectivity index (χ0n) is 13.7. The standard InChI is InChI=1S/C20H21NO2/c1-13-4-8-16(9-5-13)12-18-15(3)19(22)21(20(18)23)17-10-6-14(2)7-11-17/h4-11,15,18H,12H2,1-3H3/t15-,18-/m1/s1. The van der Waals surface area contributed by atoms with Gasteiger partial charge in [0, 0.05) is 5.92 Å². The molecule has 23 heavy (non-hydrogen) atoms. The number of hydrogen-bond donors (Lipinski definition) is 0. The topological polar surface area (TPSA) is 37.4 Å². The number of hydrogen-bond acceptors (Lipinski definition) is 2. The van der Waals surface area contributed by atoms with Crippen LogP contribution < -0.4 is 4.90 Å². The van der Waals surface area contributed by atoms with Crippen molar-refractivity contribution in [2.45, 2.75) is 27.2 Å². The van der Waals surface area contributed by atoms with Gasteiger partial charge in [0.2, 0.25) is 11.8 Å². The largest absolute Gasteiger partial charge is 0.274 e. The zero-order chi connectivity index (χ0) is 16.6. The predicted molar refractivity (Wildman–Crippen MR) is 91.2 cm³/mol. The van der Waals surface area contributed by atoms with Gasteiger partial charge in [-0.15, -0.1) is 0 Å². The Hall–Kier alpha value is -2.42. The van der Waals surface area contributed by atoms with E-state index in [2.05, 4.69) is 0 Å². The lowest BCUT2D eigenvalue weighted by atomic mass is 9.90. The lowest BCUT2D eigenvalue weighted by Crippen LogP contribution is -2.31. The lowest BCUT2D eigenvalue weighted by Gasteiger charge is -2.15. The van der Waals surface area contributed by atoms with Crippen molar-refractivity contribution >= 4 is 17.5 Å².